The summed E-state index contributed by atoms with van der Waals surface area (Å²) in [5.41, 5.74) is 5.13. The van der Waals surface area contributed by atoms with Crippen molar-refractivity contribution in [3.63, 3.8) is 0 Å². The maximum absolute atomic E-state index is 9.29. The van der Waals surface area contributed by atoms with Crippen molar-refractivity contribution in [3.8, 4) is 16.9 Å². The molecule has 151 valence electrons. The first-order chi connectivity index (χ1) is 14.7. The Morgan fingerprint density at radius 1 is 0.800 bits per heavy atom. The van der Waals surface area contributed by atoms with Gasteiger partial charge in [-0.25, -0.2) is 0 Å². The van der Waals surface area contributed by atoms with Crippen molar-refractivity contribution in [3.05, 3.63) is 60.2 Å². The van der Waals surface area contributed by atoms with E-state index in [-0.39, 0.29) is 0 Å². The normalized spacial score (nSPS) is 29.3. The number of fused-ring (bicyclic) bond motifs is 1. The third kappa shape index (κ3) is 2.90. The average molecular weight is 395 g/mol. The molecule has 1 N–H and O–H groups in total. The van der Waals surface area contributed by atoms with Crippen molar-refractivity contribution in [2.75, 3.05) is 7.11 Å². The minimum absolute atomic E-state index is 0.318. The lowest BCUT2D eigenvalue weighted by Crippen LogP contribution is -2.48. The van der Waals surface area contributed by atoms with Gasteiger partial charge in [-0.15, -0.1) is 0 Å². The number of hydrogen-bond acceptors (Lipinski definition) is 2. The zero-order valence-corrected chi connectivity index (χ0v) is 17.6. The molecule has 0 unspecified atom stereocenters. The van der Waals surface area contributed by atoms with E-state index in [2.05, 4.69) is 42.5 Å². The van der Waals surface area contributed by atoms with Gasteiger partial charge in [0.05, 0.1) is 7.11 Å². The van der Waals surface area contributed by atoms with Crippen LogP contribution in [0.25, 0.3) is 21.9 Å². The molecular weight excluding hydrogens is 367 g/mol. The summed E-state index contributed by atoms with van der Waals surface area (Å²) in [5, 5.41) is 11.6. The fourth-order valence-electron chi connectivity index (χ4n) is 7.27. The standard InChI is InChI=1S/C27H28BO2/c1-30-26-7-5-23(20-2-3-22-12-24(28-29)6-4-21(22)11-20)13-25(26)27-14-17-8-18(15-27)10-19(9-17)16-27/h2-7,11-13,17-19,29H,8-10,14-16H2,1H3. The molecule has 30 heavy (non-hydrogen) atoms. The zero-order chi connectivity index (χ0) is 20.3. The third-order valence-electron chi connectivity index (χ3n) is 8.16. The predicted octanol–water partition coefficient (Wildman–Crippen LogP) is 5.22. The molecule has 2 nitrogen and oxygen atoms in total. The highest BCUT2D eigenvalue weighted by Crippen LogP contribution is 2.62. The number of methoxy groups -OCH3 is 1. The Labute approximate surface area is 179 Å². The molecule has 0 amide bonds. The van der Waals surface area contributed by atoms with Crippen LogP contribution in [0.5, 0.6) is 5.75 Å². The molecule has 1 radical (unpaired) electrons. The largest absolute Gasteiger partial charge is 0.496 e. The van der Waals surface area contributed by atoms with Crippen molar-refractivity contribution in [2.24, 2.45) is 17.8 Å². The molecule has 4 fully saturated rings. The highest BCUT2D eigenvalue weighted by molar-refractivity contribution is 6.46. The Hall–Kier alpha value is -2.26. The van der Waals surface area contributed by atoms with E-state index < -0.39 is 0 Å². The highest BCUT2D eigenvalue weighted by atomic mass is 16.5. The van der Waals surface area contributed by atoms with Crippen LogP contribution < -0.4 is 10.2 Å². The van der Waals surface area contributed by atoms with E-state index in [4.69, 9.17) is 4.74 Å². The highest BCUT2D eigenvalue weighted by Gasteiger charge is 2.52. The summed E-state index contributed by atoms with van der Waals surface area (Å²) in [6.45, 7) is 0. The summed E-state index contributed by atoms with van der Waals surface area (Å²) < 4.78 is 5.89. The Kier molecular flexibility index (Phi) is 4.25. The molecule has 0 aromatic heterocycles. The van der Waals surface area contributed by atoms with Gasteiger partial charge in [0.25, 0.3) is 0 Å². The molecule has 3 aromatic carbocycles. The first-order valence-electron chi connectivity index (χ1n) is 11.4. The summed E-state index contributed by atoms with van der Waals surface area (Å²) in [6.07, 6.45) is 8.41. The van der Waals surface area contributed by atoms with Gasteiger partial charge in [0, 0.05) is 5.56 Å². The van der Waals surface area contributed by atoms with Gasteiger partial charge in [-0.2, -0.15) is 0 Å². The molecule has 4 aliphatic rings. The maximum atomic E-state index is 9.29. The van der Waals surface area contributed by atoms with Crippen molar-refractivity contribution in [1.82, 2.24) is 0 Å². The van der Waals surface area contributed by atoms with Gasteiger partial charge in [0.1, 0.15) is 5.75 Å². The van der Waals surface area contributed by atoms with Gasteiger partial charge in [-0.1, -0.05) is 41.9 Å². The fraction of sp³-hybridized carbons (Fsp3) is 0.407. The predicted molar refractivity (Wildman–Crippen MR) is 123 cm³/mol. The monoisotopic (exact) mass is 395 g/mol. The van der Waals surface area contributed by atoms with Crippen LogP contribution in [0.2, 0.25) is 0 Å². The smallest absolute Gasteiger partial charge is 0.326 e. The van der Waals surface area contributed by atoms with Crippen LogP contribution in [0.3, 0.4) is 0 Å². The van der Waals surface area contributed by atoms with Gasteiger partial charge in [0.2, 0.25) is 0 Å². The summed E-state index contributed by atoms with van der Waals surface area (Å²) >= 11 is 0. The van der Waals surface area contributed by atoms with Crippen molar-refractivity contribution < 1.29 is 9.76 Å². The van der Waals surface area contributed by atoms with E-state index in [1.807, 2.05) is 19.2 Å². The minimum atomic E-state index is 0.318. The van der Waals surface area contributed by atoms with Crippen molar-refractivity contribution >= 4 is 23.7 Å². The number of benzene rings is 3. The van der Waals surface area contributed by atoms with E-state index >= 15 is 0 Å². The van der Waals surface area contributed by atoms with Gasteiger partial charge in [-0.05, 0) is 102 Å². The van der Waals surface area contributed by atoms with Crippen molar-refractivity contribution in [2.45, 2.75) is 43.9 Å². The lowest BCUT2D eigenvalue weighted by Gasteiger charge is -2.57. The molecule has 4 saturated carbocycles. The van der Waals surface area contributed by atoms with Crippen LogP contribution in [-0.2, 0) is 5.41 Å². The first kappa shape index (κ1) is 18.5. The van der Waals surface area contributed by atoms with Crippen LogP contribution in [-0.4, -0.2) is 19.6 Å². The summed E-state index contributed by atoms with van der Waals surface area (Å²) in [5.74, 6) is 3.83. The summed E-state index contributed by atoms with van der Waals surface area (Å²) in [6, 6.07) is 19.5. The molecule has 4 bridgehead atoms. The van der Waals surface area contributed by atoms with E-state index in [1.165, 1.54) is 60.6 Å². The van der Waals surface area contributed by atoms with E-state index in [0.717, 1.165) is 41.8 Å². The van der Waals surface area contributed by atoms with Gasteiger partial charge in [0.15, 0.2) is 0 Å². The quantitative estimate of drug-likeness (QED) is 0.614. The Morgan fingerprint density at radius 3 is 2.07 bits per heavy atom. The lowest BCUT2D eigenvalue weighted by molar-refractivity contribution is -0.00613. The Bertz CT molecular complexity index is 1080. The second kappa shape index (κ2) is 6.88. The molecule has 0 aliphatic heterocycles. The van der Waals surface area contributed by atoms with E-state index in [1.54, 1.807) is 0 Å². The molecule has 0 atom stereocenters. The van der Waals surface area contributed by atoms with Gasteiger partial charge >= 0.3 is 7.48 Å². The zero-order valence-electron chi connectivity index (χ0n) is 17.6. The molecule has 3 heteroatoms. The summed E-state index contributed by atoms with van der Waals surface area (Å²) in [7, 11) is 2.99. The third-order valence-corrected chi connectivity index (χ3v) is 8.16. The van der Waals surface area contributed by atoms with Crippen LogP contribution >= 0.6 is 0 Å². The Balaban J connectivity index is 1.43. The van der Waals surface area contributed by atoms with Crippen LogP contribution in [0.4, 0.5) is 0 Å². The van der Waals surface area contributed by atoms with Crippen LogP contribution in [0.1, 0.15) is 44.1 Å². The lowest BCUT2D eigenvalue weighted by atomic mass is 9.48. The molecule has 7 rings (SSSR count). The second-order valence-electron chi connectivity index (χ2n) is 10.1. The second-order valence-corrected chi connectivity index (χ2v) is 10.1. The average Bonchev–Trinajstić information content (AvgIpc) is 2.77. The minimum Gasteiger partial charge on any atom is -0.496 e. The molecular formula is C27H28BO2. The van der Waals surface area contributed by atoms with E-state index in [9.17, 15) is 5.02 Å². The fourth-order valence-corrected chi connectivity index (χ4v) is 7.27. The molecule has 4 aliphatic carbocycles. The topological polar surface area (TPSA) is 29.5 Å². The van der Waals surface area contributed by atoms with Crippen LogP contribution in [0, 0.1) is 17.8 Å². The molecule has 0 spiro atoms. The molecule has 0 saturated heterocycles. The summed E-state index contributed by atoms with van der Waals surface area (Å²) in [4.78, 5) is 0. The van der Waals surface area contributed by atoms with Gasteiger partial charge < -0.3 is 9.76 Å². The first-order valence-corrected chi connectivity index (χ1v) is 11.4. The molecule has 0 heterocycles. The van der Waals surface area contributed by atoms with Crippen LogP contribution in [0.15, 0.2) is 54.6 Å². The number of ether oxygens (including phenoxy) is 1. The van der Waals surface area contributed by atoms with Crippen molar-refractivity contribution in [1.29, 1.82) is 0 Å². The SMILES string of the molecule is COc1ccc(-c2ccc3cc([B]O)ccc3c2)cc1C12CC3CC(CC(C3)C1)C2. The Morgan fingerprint density at radius 2 is 1.40 bits per heavy atom. The maximum Gasteiger partial charge on any atom is 0.326 e. The van der Waals surface area contributed by atoms with Gasteiger partial charge in [-0.3, -0.25) is 0 Å². The van der Waals surface area contributed by atoms with E-state index in [0.29, 0.717) is 5.41 Å². The number of rotatable bonds is 4. The number of hydrogen-bond donors (Lipinski definition) is 1. The molecule has 3 aromatic rings.